The lowest BCUT2D eigenvalue weighted by Gasteiger charge is -2.35. The van der Waals surface area contributed by atoms with Crippen LogP contribution in [0, 0.1) is 0 Å². The molecule has 1 aliphatic rings. The van der Waals surface area contributed by atoms with E-state index in [1.165, 1.54) is 0 Å². The molecule has 7 heteroatoms. The van der Waals surface area contributed by atoms with E-state index in [1.54, 1.807) is 29.9 Å². The predicted octanol–water partition coefficient (Wildman–Crippen LogP) is 2.88. The zero-order chi connectivity index (χ0) is 18.5. The maximum Gasteiger partial charge on any atom is 0.223 e. The Bertz CT molecular complexity index is 876. The highest BCUT2D eigenvalue weighted by Crippen LogP contribution is 2.22. The van der Waals surface area contributed by atoms with E-state index in [0.29, 0.717) is 12.8 Å². The summed E-state index contributed by atoms with van der Waals surface area (Å²) in [4.78, 5) is 29.8. The van der Waals surface area contributed by atoms with Crippen LogP contribution in [-0.2, 0) is 11.2 Å². The fourth-order valence-corrected chi connectivity index (χ4v) is 3.99. The van der Waals surface area contributed by atoms with Crippen LogP contribution in [0.4, 0.5) is 5.82 Å². The van der Waals surface area contributed by atoms with E-state index in [2.05, 4.69) is 19.9 Å². The van der Waals surface area contributed by atoms with Gasteiger partial charge in [0.05, 0.1) is 10.7 Å². The van der Waals surface area contributed by atoms with Crippen molar-refractivity contribution in [3.8, 4) is 11.3 Å². The van der Waals surface area contributed by atoms with Gasteiger partial charge in [-0.25, -0.2) is 9.97 Å². The van der Waals surface area contributed by atoms with E-state index < -0.39 is 0 Å². The van der Waals surface area contributed by atoms with Crippen LogP contribution in [-0.4, -0.2) is 51.9 Å². The Morgan fingerprint density at radius 2 is 1.85 bits per heavy atom. The van der Waals surface area contributed by atoms with Gasteiger partial charge >= 0.3 is 0 Å². The zero-order valence-corrected chi connectivity index (χ0v) is 15.8. The van der Waals surface area contributed by atoms with Crippen molar-refractivity contribution in [1.82, 2.24) is 19.9 Å². The topological polar surface area (TPSA) is 62.2 Å². The second-order valence-corrected chi connectivity index (χ2v) is 7.36. The summed E-state index contributed by atoms with van der Waals surface area (Å²) < 4.78 is 0. The number of thiazole rings is 1. The second kappa shape index (κ2) is 8.26. The van der Waals surface area contributed by atoms with Crippen LogP contribution >= 0.6 is 11.3 Å². The molecule has 0 aromatic carbocycles. The number of carbonyl (C=O) groups excluding carboxylic acids is 1. The van der Waals surface area contributed by atoms with E-state index >= 15 is 0 Å². The summed E-state index contributed by atoms with van der Waals surface area (Å²) in [7, 11) is 0. The van der Waals surface area contributed by atoms with E-state index in [0.717, 1.165) is 48.3 Å². The molecule has 1 saturated heterocycles. The Morgan fingerprint density at radius 3 is 2.59 bits per heavy atom. The van der Waals surface area contributed by atoms with Crippen LogP contribution in [0.2, 0.25) is 0 Å². The Hall–Kier alpha value is -2.80. The average molecular weight is 379 g/mol. The second-order valence-electron chi connectivity index (χ2n) is 6.42. The summed E-state index contributed by atoms with van der Waals surface area (Å²) in [6.07, 6.45) is 6.54. The molecule has 4 heterocycles. The molecule has 1 amide bonds. The monoisotopic (exact) mass is 379 g/mol. The maximum atomic E-state index is 12.6. The summed E-state index contributed by atoms with van der Waals surface area (Å²) in [5.41, 5.74) is 2.01. The van der Waals surface area contributed by atoms with E-state index in [-0.39, 0.29) is 5.91 Å². The van der Waals surface area contributed by atoms with Gasteiger partial charge in [-0.05, 0) is 24.3 Å². The molecule has 0 spiro atoms. The van der Waals surface area contributed by atoms with Crippen molar-refractivity contribution in [3.63, 3.8) is 0 Å². The molecular weight excluding hydrogens is 358 g/mol. The number of hydrogen-bond acceptors (Lipinski definition) is 6. The third-order valence-corrected chi connectivity index (χ3v) is 5.59. The first kappa shape index (κ1) is 17.6. The lowest BCUT2D eigenvalue weighted by molar-refractivity contribution is -0.131. The molecule has 0 bridgehead atoms. The molecule has 0 radical (unpaired) electrons. The largest absolute Gasteiger partial charge is 0.353 e. The summed E-state index contributed by atoms with van der Waals surface area (Å²) in [6.45, 7) is 3.14. The molecule has 6 nitrogen and oxygen atoms in total. The molecule has 1 fully saturated rings. The minimum atomic E-state index is 0.205. The van der Waals surface area contributed by atoms with Gasteiger partial charge in [0.2, 0.25) is 5.91 Å². The number of aryl methyl sites for hydroxylation is 1. The first-order chi connectivity index (χ1) is 13.3. The van der Waals surface area contributed by atoms with E-state index in [4.69, 9.17) is 0 Å². The minimum Gasteiger partial charge on any atom is -0.353 e. The van der Waals surface area contributed by atoms with Crippen LogP contribution in [0.5, 0.6) is 0 Å². The highest BCUT2D eigenvalue weighted by molar-refractivity contribution is 7.09. The molecule has 0 aliphatic carbocycles. The smallest absolute Gasteiger partial charge is 0.223 e. The lowest BCUT2D eigenvalue weighted by atomic mass is 10.2. The zero-order valence-electron chi connectivity index (χ0n) is 15.0. The quantitative estimate of drug-likeness (QED) is 0.682. The molecule has 27 heavy (non-hydrogen) atoms. The summed E-state index contributed by atoms with van der Waals surface area (Å²) in [5, 5.41) is 3.04. The number of anilines is 1. The molecule has 4 rings (SSSR count). The first-order valence-corrected chi connectivity index (χ1v) is 9.96. The van der Waals surface area contributed by atoms with Crippen molar-refractivity contribution in [3.05, 3.63) is 59.3 Å². The molecule has 0 atom stereocenters. The van der Waals surface area contributed by atoms with Crippen molar-refractivity contribution < 1.29 is 4.79 Å². The number of hydrogen-bond donors (Lipinski definition) is 0. The van der Waals surface area contributed by atoms with Gasteiger partial charge in [0.15, 0.2) is 0 Å². The van der Waals surface area contributed by atoms with Crippen molar-refractivity contribution in [2.45, 2.75) is 12.8 Å². The number of nitrogens with zero attached hydrogens (tertiary/aromatic N) is 5. The highest BCUT2D eigenvalue weighted by Gasteiger charge is 2.21. The van der Waals surface area contributed by atoms with E-state index in [9.17, 15) is 4.79 Å². The van der Waals surface area contributed by atoms with Crippen LogP contribution in [0.25, 0.3) is 11.3 Å². The lowest BCUT2D eigenvalue weighted by Crippen LogP contribution is -2.49. The summed E-state index contributed by atoms with van der Waals surface area (Å²) in [5.74, 6) is 1.19. The maximum absolute atomic E-state index is 12.6. The van der Waals surface area contributed by atoms with Gasteiger partial charge in [0.1, 0.15) is 5.82 Å². The molecule has 0 saturated carbocycles. The molecule has 3 aromatic heterocycles. The van der Waals surface area contributed by atoms with Crippen LogP contribution in [0.1, 0.15) is 11.4 Å². The van der Waals surface area contributed by atoms with Crippen molar-refractivity contribution in [2.75, 3.05) is 31.1 Å². The predicted molar refractivity (Wildman–Crippen MR) is 107 cm³/mol. The minimum absolute atomic E-state index is 0.205. The number of aromatic nitrogens is 3. The summed E-state index contributed by atoms with van der Waals surface area (Å²) in [6, 6.07) is 9.83. The van der Waals surface area contributed by atoms with Crippen LogP contribution in [0.15, 0.2) is 54.3 Å². The third-order valence-electron chi connectivity index (χ3n) is 4.69. The van der Waals surface area contributed by atoms with Gasteiger partial charge in [-0.1, -0.05) is 6.07 Å². The Morgan fingerprint density at radius 1 is 1.04 bits per heavy atom. The number of amides is 1. The standard InChI is InChI=1S/C20H21N5OS/c26-20(25-13-11-24(12-14-25)18-3-1-2-8-22-18)5-4-19-23-17(15-27-19)16-6-9-21-10-7-16/h1-3,6-10,15H,4-5,11-14H2. The third kappa shape index (κ3) is 4.31. The molecule has 138 valence electrons. The van der Waals surface area contributed by atoms with Crippen molar-refractivity contribution in [2.24, 2.45) is 0 Å². The first-order valence-electron chi connectivity index (χ1n) is 9.08. The molecule has 0 unspecified atom stereocenters. The summed E-state index contributed by atoms with van der Waals surface area (Å²) >= 11 is 1.61. The SMILES string of the molecule is O=C(CCc1nc(-c2ccncc2)cs1)N1CCN(c2ccccn2)CC1. The Kier molecular flexibility index (Phi) is 5.39. The van der Waals surface area contributed by atoms with Gasteiger partial charge in [-0.3, -0.25) is 9.78 Å². The number of carbonyl (C=O) groups is 1. The number of rotatable bonds is 5. The van der Waals surface area contributed by atoms with Gasteiger partial charge < -0.3 is 9.80 Å². The fourth-order valence-electron chi connectivity index (χ4n) is 3.18. The molecular formula is C20H21N5OS. The van der Waals surface area contributed by atoms with Crippen molar-refractivity contribution in [1.29, 1.82) is 0 Å². The highest BCUT2D eigenvalue weighted by atomic mass is 32.1. The Balaban J connectivity index is 1.27. The number of pyridine rings is 2. The van der Waals surface area contributed by atoms with Gasteiger partial charge in [0, 0.05) is 68.6 Å². The van der Waals surface area contributed by atoms with E-state index in [1.807, 2.05) is 40.6 Å². The Labute approximate surface area is 162 Å². The normalized spacial score (nSPS) is 14.4. The molecule has 0 N–H and O–H groups in total. The fraction of sp³-hybridized carbons (Fsp3) is 0.300. The number of piperazine rings is 1. The van der Waals surface area contributed by atoms with Gasteiger partial charge in [0.25, 0.3) is 0 Å². The van der Waals surface area contributed by atoms with Crippen LogP contribution < -0.4 is 4.90 Å². The van der Waals surface area contributed by atoms with Crippen molar-refractivity contribution >= 4 is 23.1 Å². The molecule has 1 aliphatic heterocycles. The van der Waals surface area contributed by atoms with Crippen LogP contribution in [0.3, 0.4) is 0 Å². The molecule has 3 aromatic rings. The average Bonchev–Trinajstić information content (AvgIpc) is 3.22. The van der Waals surface area contributed by atoms with Gasteiger partial charge in [-0.15, -0.1) is 11.3 Å². The van der Waals surface area contributed by atoms with Gasteiger partial charge in [-0.2, -0.15) is 0 Å².